The normalized spacial score (nSPS) is 24.1. The third kappa shape index (κ3) is 2.25. The van der Waals surface area contributed by atoms with Gasteiger partial charge in [-0.2, -0.15) is 5.26 Å². The van der Waals surface area contributed by atoms with Crippen LogP contribution in [0.2, 0.25) is 0 Å². The maximum Gasteiger partial charge on any atom is 0.133 e. The molecule has 0 saturated carbocycles. The molecule has 0 aromatic heterocycles. The first-order chi connectivity index (χ1) is 8.11. The molecule has 3 heteroatoms. The fourth-order valence-corrected chi connectivity index (χ4v) is 2.87. The third-order valence-electron chi connectivity index (χ3n) is 3.59. The summed E-state index contributed by atoms with van der Waals surface area (Å²) < 4.78 is 1.09. The van der Waals surface area contributed by atoms with E-state index in [-0.39, 0.29) is 0 Å². The molecular weight excluding hydrogens is 276 g/mol. The van der Waals surface area contributed by atoms with Gasteiger partial charge in [-0.05, 0) is 49.4 Å². The second kappa shape index (κ2) is 4.80. The Morgan fingerprint density at radius 3 is 3.00 bits per heavy atom. The number of nitrogens with one attached hydrogen (secondary N) is 1. The minimum Gasteiger partial charge on any atom is -0.293 e. The van der Waals surface area contributed by atoms with Crippen molar-refractivity contribution in [1.82, 2.24) is 5.32 Å². The summed E-state index contributed by atoms with van der Waals surface area (Å²) in [7, 11) is 0. The van der Waals surface area contributed by atoms with E-state index in [1.165, 1.54) is 5.56 Å². The second-order valence-electron chi connectivity index (χ2n) is 4.77. The van der Waals surface area contributed by atoms with Gasteiger partial charge in [0.15, 0.2) is 0 Å². The average Bonchev–Trinajstić information content (AvgIpc) is 2.68. The van der Waals surface area contributed by atoms with Crippen LogP contribution >= 0.6 is 15.9 Å². The lowest BCUT2D eigenvalue weighted by Crippen LogP contribution is -2.44. The van der Waals surface area contributed by atoms with E-state index in [2.05, 4.69) is 53.3 Å². The summed E-state index contributed by atoms with van der Waals surface area (Å²) in [6, 6.07) is 9.09. The second-order valence-corrected chi connectivity index (χ2v) is 5.69. The minimum atomic E-state index is -0.481. The van der Waals surface area contributed by atoms with Crippen LogP contribution in [0.25, 0.3) is 0 Å². The van der Waals surface area contributed by atoms with E-state index in [0.717, 1.165) is 29.3 Å². The van der Waals surface area contributed by atoms with Crippen molar-refractivity contribution in [3.63, 3.8) is 0 Å². The summed E-state index contributed by atoms with van der Waals surface area (Å²) in [5.41, 5.74) is 1.96. The number of rotatable bonds is 3. The van der Waals surface area contributed by atoms with Crippen molar-refractivity contribution in [1.29, 1.82) is 5.26 Å². The van der Waals surface area contributed by atoms with Gasteiger partial charge in [0.25, 0.3) is 0 Å². The molecule has 2 rings (SSSR count). The first-order valence-corrected chi connectivity index (χ1v) is 6.88. The molecule has 2 nitrogen and oxygen atoms in total. The molecule has 0 aliphatic heterocycles. The summed E-state index contributed by atoms with van der Waals surface area (Å²) in [5, 5.41) is 13.0. The number of benzene rings is 1. The van der Waals surface area contributed by atoms with Crippen molar-refractivity contribution in [3.8, 4) is 6.07 Å². The highest BCUT2D eigenvalue weighted by Crippen LogP contribution is 2.38. The van der Waals surface area contributed by atoms with Gasteiger partial charge in [-0.15, -0.1) is 0 Å². The van der Waals surface area contributed by atoms with Crippen LogP contribution in [0.1, 0.15) is 37.8 Å². The van der Waals surface area contributed by atoms with Crippen molar-refractivity contribution >= 4 is 15.9 Å². The summed E-state index contributed by atoms with van der Waals surface area (Å²) in [6.45, 7) is 4.27. The molecule has 90 valence electrons. The van der Waals surface area contributed by atoms with Gasteiger partial charge < -0.3 is 0 Å². The van der Waals surface area contributed by atoms with Crippen LogP contribution in [0.15, 0.2) is 22.7 Å². The number of hydrogen-bond acceptors (Lipinski definition) is 2. The zero-order valence-corrected chi connectivity index (χ0v) is 11.8. The van der Waals surface area contributed by atoms with Crippen molar-refractivity contribution in [3.05, 3.63) is 33.8 Å². The summed E-state index contributed by atoms with van der Waals surface area (Å²) in [5.74, 6) is 0. The molecule has 1 aliphatic rings. The molecule has 1 aliphatic carbocycles. The summed E-state index contributed by atoms with van der Waals surface area (Å²) in [6.07, 6.45) is 2.89. The molecule has 0 radical (unpaired) electrons. The highest BCUT2D eigenvalue weighted by atomic mass is 79.9. The standard InChI is InChI=1S/C14H17BrN2/c1-3-10(2)17-14(9-16)7-6-11-8-12(15)4-5-13(11)14/h4-5,8,10,17H,3,6-7H2,1-2H3. The van der Waals surface area contributed by atoms with Crippen LogP contribution < -0.4 is 5.32 Å². The monoisotopic (exact) mass is 292 g/mol. The van der Waals surface area contributed by atoms with Crippen LogP contribution in [0.4, 0.5) is 0 Å². The molecule has 2 unspecified atom stereocenters. The van der Waals surface area contributed by atoms with E-state index in [4.69, 9.17) is 0 Å². The SMILES string of the molecule is CCC(C)NC1(C#N)CCc2cc(Br)ccc21. The Labute approximate surface area is 111 Å². The molecular formula is C14H17BrN2. The quantitative estimate of drug-likeness (QED) is 0.925. The lowest BCUT2D eigenvalue weighted by atomic mass is 9.92. The molecule has 0 spiro atoms. The van der Waals surface area contributed by atoms with Gasteiger partial charge in [0.05, 0.1) is 6.07 Å². The zero-order valence-electron chi connectivity index (χ0n) is 10.3. The number of nitrogens with zero attached hydrogens (tertiary/aromatic N) is 1. The first-order valence-electron chi connectivity index (χ1n) is 6.09. The van der Waals surface area contributed by atoms with Crippen molar-refractivity contribution in [2.45, 2.75) is 44.7 Å². The van der Waals surface area contributed by atoms with Gasteiger partial charge in [0, 0.05) is 10.5 Å². The molecule has 0 bridgehead atoms. The van der Waals surface area contributed by atoms with Crippen LogP contribution in [0.3, 0.4) is 0 Å². The van der Waals surface area contributed by atoms with Crippen LogP contribution in [-0.4, -0.2) is 6.04 Å². The van der Waals surface area contributed by atoms with Gasteiger partial charge in [-0.1, -0.05) is 28.9 Å². The lowest BCUT2D eigenvalue weighted by Gasteiger charge is -2.27. The Kier molecular flexibility index (Phi) is 3.56. The predicted octanol–water partition coefficient (Wildman–Crippen LogP) is 3.50. The maximum atomic E-state index is 9.55. The summed E-state index contributed by atoms with van der Waals surface area (Å²) >= 11 is 3.49. The minimum absolute atomic E-state index is 0.365. The van der Waals surface area contributed by atoms with Gasteiger partial charge in [-0.25, -0.2) is 0 Å². The fraction of sp³-hybridized carbons (Fsp3) is 0.500. The molecule has 17 heavy (non-hydrogen) atoms. The van der Waals surface area contributed by atoms with Crippen molar-refractivity contribution < 1.29 is 0 Å². The number of nitriles is 1. The Balaban J connectivity index is 2.38. The predicted molar refractivity (Wildman–Crippen MR) is 72.6 cm³/mol. The number of aryl methyl sites for hydroxylation is 1. The third-order valence-corrected chi connectivity index (χ3v) is 4.09. The van der Waals surface area contributed by atoms with E-state index in [1.54, 1.807) is 0 Å². The average molecular weight is 293 g/mol. The van der Waals surface area contributed by atoms with Gasteiger partial charge >= 0.3 is 0 Å². The highest BCUT2D eigenvalue weighted by molar-refractivity contribution is 9.10. The Bertz CT molecular complexity index is 464. The van der Waals surface area contributed by atoms with Gasteiger partial charge in [-0.3, -0.25) is 5.32 Å². The molecule has 0 saturated heterocycles. The Hall–Kier alpha value is -0.850. The van der Waals surface area contributed by atoms with E-state index in [1.807, 2.05) is 6.07 Å². The molecule has 0 heterocycles. The van der Waals surface area contributed by atoms with Crippen molar-refractivity contribution in [2.75, 3.05) is 0 Å². The van der Waals surface area contributed by atoms with Crippen LogP contribution in [-0.2, 0) is 12.0 Å². The number of hydrogen-bond donors (Lipinski definition) is 1. The molecule has 1 aromatic rings. The Morgan fingerprint density at radius 1 is 1.59 bits per heavy atom. The van der Waals surface area contributed by atoms with Crippen LogP contribution in [0.5, 0.6) is 0 Å². The van der Waals surface area contributed by atoms with E-state index < -0.39 is 5.54 Å². The molecule has 0 amide bonds. The van der Waals surface area contributed by atoms with Crippen LogP contribution in [0, 0.1) is 11.3 Å². The number of halogens is 1. The number of fused-ring (bicyclic) bond motifs is 1. The zero-order chi connectivity index (χ0) is 12.5. The summed E-state index contributed by atoms with van der Waals surface area (Å²) in [4.78, 5) is 0. The van der Waals surface area contributed by atoms with Gasteiger partial charge in [0.2, 0.25) is 0 Å². The van der Waals surface area contributed by atoms with E-state index >= 15 is 0 Å². The highest BCUT2D eigenvalue weighted by Gasteiger charge is 2.39. The lowest BCUT2D eigenvalue weighted by molar-refractivity contribution is 0.366. The smallest absolute Gasteiger partial charge is 0.133 e. The van der Waals surface area contributed by atoms with Crippen molar-refractivity contribution in [2.24, 2.45) is 0 Å². The van der Waals surface area contributed by atoms with Gasteiger partial charge in [0.1, 0.15) is 5.54 Å². The largest absolute Gasteiger partial charge is 0.293 e. The molecule has 0 fully saturated rings. The molecule has 1 N–H and O–H groups in total. The first kappa shape index (κ1) is 12.6. The van der Waals surface area contributed by atoms with E-state index in [0.29, 0.717) is 6.04 Å². The Morgan fingerprint density at radius 2 is 2.35 bits per heavy atom. The molecule has 1 aromatic carbocycles. The topological polar surface area (TPSA) is 35.8 Å². The fourth-order valence-electron chi connectivity index (χ4n) is 2.46. The maximum absolute atomic E-state index is 9.55. The van der Waals surface area contributed by atoms with E-state index in [9.17, 15) is 5.26 Å². The molecule has 2 atom stereocenters.